The van der Waals surface area contributed by atoms with E-state index < -0.39 is 35.3 Å². The van der Waals surface area contributed by atoms with Crippen molar-refractivity contribution in [3.05, 3.63) is 47.5 Å². The first kappa shape index (κ1) is 34.7. The van der Waals surface area contributed by atoms with Gasteiger partial charge in [-0.25, -0.2) is 14.4 Å². The predicted molar refractivity (Wildman–Crippen MR) is 171 cm³/mol. The number of methoxy groups -OCH3 is 1. The van der Waals surface area contributed by atoms with Crippen molar-refractivity contribution in [2.24, 2.45) is 5.41 Å². The molecule has 1 aliphatic rings. The van der Waals surface area contributed by atoms with E-state index >= 15 is 0 Å². The summed E-state index contributed by atoms with van der Waals surface area (Å²) in [7, 11) is 3.13. The van der Waals surface area contributed by atoms with E-state index in [1.165, 1.54) is 30.5 Å². The number of carbonyl (C=O) groups is 3. The zero-order valence-corrected chi connectivity index (χ0v) is 27.0. The van der Waals surface area contributed by atoms with Crippen LogP contribution in [0.5, 0.6) is 5.75 Å². The van der Waals surface area contributed by atoms with Gasteiger partial charge >= 0.3 is 0 Å². The molecule has 238 valence electrons. The molecule has 11 nitrogen and oxygen atoms in total. The minimum atomic E-state index is -0.835. The first-order valence-electron chi connectivity index (χ1n) is 14.0. The summed E-state index contributed by atoms with van der Waals surface area (Å²) in [5.74, 6) is -0.931. The number of nitrogens with one attached hydrogen (secondary N) is 4. The van der Waals surface area contributed by atoms with Crippen LogP contribution in [0.1, 0.15) is 40.5 Å². The number of likely N-dealkylation sites (N-methyl/N-ethyl adjacent to an activating group) is 1. The van der Waals surface area contributed by atoms with Crippen LogP contribution in [0.25, 0.3) is 10.9 Å². The number of rotatable bonds is 9. The number of carbonyl (C=O) groups excluding carboxylic acids is 3. The van der Waals surface area contributed by atoms with Crippen LogP contribution in [0.15, 0.2) is 36.7 Å². The van der Waals surface area contributed by atoms with Gasteiger partial charge in [-0.2, -0.15) is 0 Å². The van der Waals surface area contributed by atoms with E-state index in [0.29, 0.717) is 47.5 Å². The second-order valence-corrected chi connectivity index (χ2v) is 12.0. The van der Waals surface area contributed by atoms with Gasteiger partial charge in [0.05, 0.1) is 30.0 Å². The number of aromatic nitrogens is 2. The van der Waals surface area contributed by atoms with Gasteiger partial charge in [-0.05, 0) is 56.5 Å². The molecule has 0 radical (unpaired) electrons. The number of hydrogen-bond donors (Lipinski definition) is 4. The van der Waals surface area contributed by atoms with Crippen molar-refractivity contribution in [3.8, 4) is 5.75 Å². The summed E-state index contributed by atoms with van der Waals surface area (Å²) in [4.78, 5) is 50.2. The quantitative estimate of drug-likeness (QED) is 0.263. The van der Waals surface area contributed by atoms with Gasteiger partial charge in [0.15, 0.2) is 0 Å². The lowest BCUT2D eigenvalue weighted by Gasteiger charge is -2.36. The van der Waals surface area contributed by atoms with E-state index in [1.54, 1.807) is 32.2 Å². The third-order valence-corrected chi connectivity index (χ3v) is 7.70. The Bertz CT molecular complexity index is 1540. The van der Waals surface area contributed by atoms with Crippen LogP contribution in [0.4, 0.5) is 21.6 Å². The molecule has 1 fully saturated rings. The summed E-state index contributed by atoms with van der Waals surface area (Å²) in [5.41, 5.74) is 0.393. The molecule has 4 N–H and O–H groups in total. The van der Waals surface area contributed by atoms with Gasteiger partial charge in [0.1, 0.15) is 35.8 Å². The van der Waals surface area contributed by atoms with E-state index in [4.69, 9.17) is 16.3 Å². The van der Waals surface area contributed by atoms with Crippen LogP contribution in [0.3, 0.4) is 0 Å². The summed E-state index contributed by atoms with van der Waals surface area (Å²) >= 11 is 5.89. The molecule has 1 aromatic heterocycles. The van der Waals surface area contributed by atoms with Crippen LogP contribution in [0.2, 0.25) is 5.02 Å². The molecule has 0 bridgehead atoms. The van der Waals surface area contributed by atoms with Crippen molar-refractivity contribution in [2.45, 2.75) is 58.7 Å². The number of fused-ring (bicyclic) bond motifs is 1. The SMILES string of the molecule is CNC(C)C(=O)NC(C(=O)N1CCCC1C(=O)Nc1cc2c(Nc3ccc(Cl)cc3F)ncnc2cc1OC)C(C)(C)C.Cl. The zero-order chi connectivity index (χ0) is 31.5. The summed E-state index contributed by atoms with van der Waals surface area (Å²) in [6, 6.07) is 5.43. The molecule has 4 rings (SSSR count). The Labute approximate surface area is 267 Å². The third-order valence-electron chi connectivity index (χ3n) is 7.46. The molecule has 3 amide bonds. The van der Waals surface area contributed by atoms with Crippen LogP contribution in [-0.2, 0) is 14.4 Å². The highest BCUT2D eigenvalue weighted by atomic mass is 35.5. The number of amides is 3. The molecule has 14 heteroatoms. The minimum Gasteiger partial charge on any atom is -0.494 e. The topological polar surface area (TPSA) is 138 Å². The lowest BCUT2D eigenvalue weighted by molar-refractivity contribution is -0.143. The standard InChI is InChI=1S/C30H37ClFN7O4.ClH/c1-16(33-5)27(40)38-25(30(2,3)4)29(42)39-11-7-8-23(39)28(41)37-22-13-18-21(14-24(22)43-6)34-15-35-26(18)36-20-10-9-17(31)12-19(20)32;/h9-10,12-16,23,25,33H,7-8,11H2,1-6H3,(H,37,41)(H,38,40)(H,34,35,36);1H. The number of hydrogen-bond acceptors (Lipinski definition) is 8. The third kappa shape index (κ3) is 7.66. The molecule has 44 heavy (non-hydrogen) atoms. The second kappa shape index (κ2) is 14.4. The fraction of sp³-hybridized carbons (Fsp3) is 0.433. The summed E-state index contributed by atoms with van der Waals surface area (Å²) < 4.78 is 20.1. The van der Waals surface area contributed by atoms with Crippen LogP contribution in [0, 0.1) is 11.2 Å². The number of benzene rings is 2. The van der Waals surface area contributed by atoms with Crippen molar-refractivity contribution < 1.29 is 23.5 Å². The van der Waals surface area contributed by atoms with E-state index in [9.17, 15) is 18.8 Å². The average molecular weight is 651 g/mol. The van der Waals surface area contributed by atoms with Gasteiger partial charge in [-0.1, -0.05) is 32.4 Å². The van der Waals surface area contributed by atoms with Gasteiger partial charge < -0.3 is 30.9 Å². The first-order valence-corrected chi connectivity index (χ1v) is 14.4. The van der Waals surface area contributed by atoms with E-state index in [1.807, 2.05) is 20.8 Å². The fourth-order valence-electron chi connectivity index (χ4n) is 4.90. The zero-order valence-electron chi connectivity index (χ0n) is 25.5. The highest BCUT2D eigenvalue weighted by Crippen LogP contribution is 2.35. The van der Waals surface area contributed by atoms with Crippen molar-refractivity contribution in [1.82, 2.24) is 25.5 Å². The van der Waals surface area contributed by atoms with Gasteiger partial charge in [0.25, 0.3) is 0 Å². The molecule has 2 heterocycles. The Morgan fingerprint density at radius 2 is 1.86 bits per heavy atom. The molecule has 3 aromatic rings. The molecule has 2 aromatic carbocycles. The summed E-state index contributed by atoms with van der Waals surface area (Å²) in [6.45, 7) is 7.70. The summed E-state index contributed by atoms with van der Waals surface area (Å²) in [5, 5.41) is 12.4. The Kier molecular flexibility index (Phi) is 11.3. The lowest BCUT2D eigenvalue weighted by Crippen LogP contribution is -2.59. The number of nitrogens with zero attached hydrogens (tertiary/aromatic N) is 3. The Hall–Kier alpha value is -3.74. The fourth-order valence-corrected chi connectivity index (χ4v) is 5.06. The predicted octanol–water partition coefficient (Wildman–Crippen LogP) is 4.66. The molecule has 3 atom stereocenters. The number of halogens is 3. The van der Waals surface area contributed by atoms with Crippen LogP contribution < -0.4 is 26.0 Å². The maximum atomic E-state index is 14.5. The van der Waals surface area contributed by atoms with Crippen molar-refractivity contribution >= 4 is 69.8 Å². The van der Waals surface area contributed by atoms with E-state index in [2.05, 4.69) is 31.2 Å². The monoisotopic (exact) mass is 649 g/mol. The maximum Gasteiger partial charge on any atom is 0.247 e. The van der Waals surface area contributed by atoms with Crippen molar-refractivity contribution in [2.75, 3.05) is 31.3 Å². The second-order valence-electron chi connectivity index (χ2n) is 11.5. The van der Waals surface area contributed by atoms with Crippen molar-refractivity contribution in [3.63, 3.8) is 0 Å². The average Bonchev–Trinajstić information content (AvgIpc) is 3.46. The Morgan fingerprint density at radius 3 is 2.50 bits per heavy atom. The van der Waals surface area contributed by atoms with Gasteiger partial charge in [0.2, 0.25) is 17.7 Å². The normalized spacial score (nSPS) is 16.1. The number of ether oxygens (including phenoxy) is 1. The molecule has 0 saturated carbocycles. The number of anilines is 3. The molecule has 0 spiro atoms. The van der Waals surface area contributed by atoms with Gasteiger partial charge in [-0.15, -0.1) is 12.4 Å². The molecule has 1 saturated heterocycles. The summed E-state index contributed by atoms with van der Waals surface area (Å²) in [6.07, 6.45) is 2.42. The van der Waals surface area contributed by atoms with E-state index in [0.717, 1.165) is 0 Å². The van der Waals surface area contributed by atoms with Gasteiger partial charge in [0, 0.05) is 23.0 Å². The Balaban J connectivity index is 0.00000529. The van der Waals surface area contributed by atoms with Crippen LogP contribution >= 0.6 is 24.0 Å². The van der Waals surface area contributed by atoms with Gasteiger partial charge in [-0.3, -0.25) is 14.4 Å². The van der Waals surface area contributed by atoms with Crippen molar-refractivity contribution in [1.29, 1.82) is 0 Å². The largest absolute Gasteiger partial charge is 0.494 e. The highest BCUT2D eigenvalue weighted by molar-refractivity contribution is 6.30. The molecule has 3 unspecified atom stereocenters. The maximum absolute atomic E-state index is 14.5. The number of likely N-dealkylation sites (tertiary alicyclic amines) is 1. The highest BCUT2D eigenvalue weighted by Gasteiger charge is 2.42. The Morgan fingerprint density at radius 1 is 1.14 bits per heavy atom. The first-order chi connectivity index (χ1) is 20.3. The molecule has 1 aliphatic heterocycles. The molecular formula is C30H38Cl2FN7O4. The van der Waals surface area contributed by atoms with E-state index in [-0.39, 0.29) is 34.9 Å². The lowest BCUT2D eigenvalue weighted by atomic mass is 9.85. The minimum absolute atomic E-state index is 0. The molecular weight excluding hydrogens is 612 g/mol. The molecule has 0 aliphatic carbocycles. The van der Waals surface area contributed by atoms with Crippen LogP contribution in [-0.4, -0.2) is 71.4 Å². The smallest absolute Gasteiger partial charge is 0.247 e.